The summed E-state index contributed by atoms with van der Waals surface area (Å²) in [4.78, 5) is 5.34. The van der Waals surface area contributed by atoms with Crippen molar-refractivity contribution in [3.05, 3.63) is 71.8 Å². The molecule has 3 N–H and O–H groups in total. The van der Waals surface area contributed by atoms with Gasteiger partial charge in [-0.15, -0.1) is 0 Å². The first kappa shape index (κ1) is 34.0. The zero-order valence-electron chi connectivity index (χ0n) is 25.2. The minimum absolute atomic E-state index is 0.607. The fraction of sp³-hybridized carbons (Fsp3) is 0.629. The molecule has 5 heteroatoms. The molecule has 0 aliphatic rings. The standard InChI is InChI=1S/C35H57N5/c36-24-13-1-3-15-28-39(32-34-20-9-7-10-21-34)30-17-5-6-18-31-40(33-35-22-11-8-12-23-35)29-16-4-2-14-26-38-27-19-25-37/h7-12,20-23,38H,1-6,13-19,24,26-33,36H2. The average molecular weight is 548 g/mol. The molecule has 0 aliphatic carbocycles. The van der Waals surface area contributed by atoms with Crippen LogP contribution in [0.5, 0.6) is 0 Å². The van der Waals surface area contributed by atoms with Crippen molar-refractivity contribution in [3.63, 3.8) is 0 Å². The van der Waals surface area contributed by atoms with Gasteiger partial charge in [-0.1, -0.05) is 99.2 Å². The normalized spacial score (nSPS) is 11.3. The van der Waals surface area contributed by atoms with Crippen molar-refractivity contribution in [1.82, 2.24) is 15.1 Å². The molecule has 0 heterocycles. The minimum Gasteiger partial charge on any atom is -0.330 e. The molecular formula is C35H57N5. The van der Waals surface area contributed by atoms with Crippen molar-refractivity contribution in [1.29, 1.82) is 5.26 Å². The molecule has 2 aromatic rings. The molecule has 0 unspecified atom stereocenters. The number of unbranched alkanes of at least 4 members (excludes halogenated alkanes) is 9. The van der Waals surface area contributed by atoms with Crippen LogP contribution in [0.15, 0.2) is 60.7 Å². The Hall–Kier alpha value is -2.23. The lowest BCUT2D eigenvalue weighted by Crippen LogP contribution is -2.26. The first-order valence-corrected chi connectivity index (χ1v) is 16.1. The maximum Gasteiger partial charge on any atom is 0.0635 e. The van der Waals surface area contributed by atoms with Crippen LogP contribution in [0.1, 0.15) is 94.6 Å². The Morgan fingerprint density at radius 3 is 1.40 bits per heavy atom. The van der Waals surface area contributed by atoms with Gasteiger partial charge in [-0.3, -0.25) is 9.80 Å². The summed E-state index contributed by atoms with van der Waals surface area (Å²) in [6.45, 7) is 9.58. The SMILES string of the molecule is N#CCCNCCCCCCN(CCCCCCN(CCCCCCN)Cc1ccccc1)Cc1ccccc1. The average Bonchev–Trinajstić information content (AvgIpc) is 2.98. The summed E-state index contributed by atoms with van der Waals surface area (Å²) in [5.41, 5.74) is 8.52. The number of benzene rings is 2. The number of nitrogens with two attached hydrogens (primary N) is 1. The second kappa shape index (κ2) is 24.6. The van der Waals surface area contributed by atoms with Crippen LogP contribution in [-0.4, -0.2) is 55.6 Å². The third-order valence-electron chi connectivity index (χ3n) is 7.62. The fourth-order valence-corrected chi connectivity index (χ4v) is 5.29. The highest BCUT2D eigenvalue weighted by molar-refractivity contribution is 5.15. The molecule has 0 radical (unpaired) electrons. The van der Waals surface area contributed by atoms with Gasteiger partial charge in [0, 0.05) is 26.1 Å². The molecule has 0 spiro atoms. The number of nitriles is 1. The quantitative estimate of drug-likeness (QED) is 0.123. The molecule has 222 valence electrons. The van der Waals surface area contributed by atoms with Crippen LogP contribution in [0.25, 0.3) is 0 Å². The molecule has 0 fully saturated rings. The second-order valence-corrected chi connectivity index (χ2v) is 11.2. The van der Waals surface area contributed by atoms with E-state index in [2.05, 4.69) is 81.8 Å². The molecule has 0 bridgehead atoms. The third kappa shape index (κ3) is 18.2. The van der Waals surface area contributed by atoms with Gasteiger partial charge in [0.25, 0.3) is 0 Å². The lowest BCUT2D eigenvalue weighted by Gasteiger charge is -2.24. The monoisotopic (exact) mass is 547 g/mol. The van der Waals surface area contributed by atoms with Gasteiger partial charge < -0.3 is 11.1 Å². The Labute approximate surface area is 246 Å². The summed E-state index contributed by atoms with van der Waals surface area (Å²) < 4.78 is 0. The maximum atomic E-state index is 8.62. The first-order chi connectivity index (χ1) is 19.8. The molecule has 0 atom stereocenters. The van der Waals surface area contributed by atoms with Crippen molar-refractivity contribution in [2.75, 3.05) is 45.8 Å². The van der Waals surface area contributed by atoms with Crippen molar-refractivity contribution in [3.8, 4) is 6.07 Å². The summed E-state index contributed by atoms with van der Waals surface area (Å²) in [6.07, 6.45) is 15.8. The molecule has 2 rings (SSSR count). The summed E-state index contributed by atoms with van der Waals surface area (Å²) in [7, 11) is 0. The van der Waals surface area contributed by atoms with Crippen LogP contribution < -0.4 is 11.1 Å². The molecular weight excluding hydrogens is 490 g/mol. The van der Waals surface area contributed by atoms with E-state index in [1.807, 2.05) is 0 Å². The summed E-state index contributed by atoms with van der Waals surface area (Å²) in [5.74, 6) is 0. The fourth-order valence-electron chi connectivity index (χ4n) is 5.29. The molecule has 2 aromatic carbocycles. The highest BCUT2D eigenvalue weighted by atomic mass is 15.1. The number of rotatable bonds is 26. The van der Waals surface area contributed by atoms with Gasteiger partial charge in [-0.25, -0.2) is 0 Å². The van der Waals surface area contributed by atoms with Crippen LogP contribution in [0.3, 0.4) is 0 Å². The van der Waals surface area contributed by atoms with Gasteiger partial charge in [0.2, 0.25) is 0 Å². The lowest BCUT2D eigenvalue weighted by molar-refractivity contribution is 0.242. The number of hydrogen-bond donors (Lipinski definition) is 2. The van der Waals surface area contributed by atoms with Crippen LogP contribution in [-0.2, 0) is 13.1 Å². The summed E-state index contributed by atoms with van der Waals surface area (Å²) in [5, 5.41) is 12.0. The highest BCUT2D eigenvalue weighted by Crippen LogP contribution is 2.12. The smallest absolute Gasteiger partial charge is 0.0635 e. The largest absolute Gasteiger partial charge is 0.330 e. The molecule has 0 saturated carbocycles. The zero-order chi connectivity index (χ0) is 28.4. The van der Waals surface area contributed by atoms with E-state index in [9.17, 15) is 0 Å². The number of nitrogens with zero attached hydrogens (tertiary/aromatic N) is 3. The van der Waals surface area contributed by atoms with E-state index in [0.717, 1.165) is 39.1 Å². The van der Waals surface area contributed by atoms with E-state index >= 15 is 0 Å². The zero-order valence-corrected chi connectivity index (χ0v) is 25.2. The van der Waals surface area contributed by atoms with Crippen molar-refractivity contribution in [2.45, 2.75) is 96.6 Å². The predicted molar refractivity (Wildman–Crippen MR) is 171 cm³/mol. The topological polar surface area (TPSA) is 68.3 Å². The first-order valence-electron chi connectivity index (χ1n) is 16.1. The molecule has 5 nitrogen and oxygen atoms in total. The highest BCUT2D eigenvalue weighted by Gasteiger charge is 2.08. The van der Waals surface area contributed by atoms with Gasteiger partial charge in [-0.05, 0) is 88.9 Å². The Kier molecular flexibility index (Phi) is 20.9. The van der Waals surface area contributed by atoms with Crippen LogP contribution in [0, 0.1) is 11.3 Å². The van der Waals surface area contributed by atoms with E-state index < -0.39 is 0 Å². The minimum atomic E-state index is 0.607. The van der Waals surface area contributed by atoms with E-state index in [1.54, 1.807) is 0 Å². The molecule has 0 aromatic heterocycles. The second-order valence-electron chi connectivity index (χ2n) is 11.2. The number of hydrogen-bond acceptors (Lipinski definition) is 5. The molecule has 40 heavy (non-hydrogen) atoms. The van der Waals surface area contributed by atoms with Crippen molar-refractivity contribution in [2.24, 2.45) is 5.73 Å². The lowest BCUT2D eigenvalue weighted by atomic mass is 10.1. The Morgan fingerprint density at radius 2 is 0.975 bits per heavy atom. The Balaban J connectivity index is 1.67. The van der Waals surface area contributed by atoms with E-state index in [0.29, 0.717) is 6.42 Å². The van der Waals surface area contributed by atoms with Crippen molar-refractivity contribution >= 4 is 0 Å². The van der Waals surface area contributed by atoms with E-state index in [1.165, 1.54) is 108 Å². The van der Waals surface area contributed by atoms with Crippen LogP contribution in [0.2, 0.25) is 0 Å². The van der Waals surface area contributed by atoms with Gasteiger partial charge in [-0.2, -0.15) is 5.26 Å². The van der Waals surface area contributed by atoms with Crippen LogP contribution in [0.4, 0.5) is 0 Å². The van der Waals surface area contributed by atoms with Gasteiger partial charge in [0.1, 0.15) is 0 Å². The maximum absolute atomic E-state index is 8.62. The van der Waals surface area contributed by atoms with Gasteiger partial charge in [0.15, 0.2) is 0 Å². The Bertz CT molecular complexity index is 851. The predicted octanol–water partition coefficient (Wildman–Crippen LogP) is 7.13. The summed E-state index contributed by atoms with van der Waals surface area (Å²) in [6, 6.07) is 24.1. The van der Waals surface area contributed by atoms with Crippen LogP contribution >= 0.6 is 0 Å². The number of nitrogens with one attached hydrogen (secondary N) is 1. The molecule has 0 saturated heterocycles. The molecule has 0 aliphatic heterocycles. The van der Waals surface area contributed by atoms with Gasteiger partial charge in [0.05, 0.1) is 6.07 Å². The Morgan fingerprint density at radius 1 is 0.550 bits per heavy atom. The third-order valence-corrected chi connectivity index (χ3v) is 7.62. The summed E-state index contributed by atoms with van der Waals surface area (Å²) >= 11 is 0. The van der Waals surface area contributed by atoms with E-state index in [4.69, 9.17) is 11.0 Å². The van der Waals surface area contributed by atoms with E-state index in [-0.39, 0.29) is 0 Å². The molecule has 0 amide bonds. The van der Waals surface area contributed by atoms with Gasteiger partial charge >= 0.3 is 0 Å². The van der Waals surface area contributed by atoms with Crippen molar-refractivity contribution < 1.29 is 0 Å².